The Hall–Kier alpha value is -3.99. The molecule has 44 heavy (non-hydrogen) atoms. The molecule has 2 saturated heterocycles. The standard InChI is InChI=1S/C33H31ClF2N4O4/c1-19-16-39(28-4-2-3-24-26(36)15-30(44-32(24)28)23-7-6-21(34)14-25(23)35)11-10-38(19)18-31-37-27-8-5-20(33(41)42)13-29(27)40(31)17-22-9-12-43-22/h2-8,13-15,19,22,30H,9-12,16-18H2,1H3,(H,41,42)/t19-,22?,30?/m0/s1. The normalized spacial score (nSPS) is 21.9. The maximum Gasteiger partial charge on any atom is 0.335 e. The first kappa shape index (κ1) is 28.8. The van der Waals surface area contributed by atoms with Crippen molar-refractivity contribution in [2.45, 2.75) is 44.7 Å². The molecule has 8 nitrogen and oxygen atoms in total. The van der Waals surface area contributed by atoms with Crippen LogP contribution in [-0.2, 0) is 17.8 Å². The van der Waals surface area contributed by atoms with Crippen LogP contribution in [0.3, 0.4) is 0 Å². The van der Waals surface area contributed by atoms with Gasteiger partial charge in [-0.1, -0.05) is 23.7 Å². The van der Waals surface area contributed by atoms with Gasteiger partial charge in [0.1, 0.15) is 23.6 Å². The Bertz CT molecular complexity index is 1790. The summed E-state index contributed by atoms with van der Waals surface area (Å²) in [5.74, 6) is -0.732. The maximum atomic E-state index is 15.3. The molecule has 11 heteroatoms. The van der Waals surface area contributed by atoms with E-state index in [2.05, 4.69) is 21.3 Å². The van der Waals surface area contributed by atoms with Crippen LogP contribution >= 0.6 is 11.6 Å². The number of hydrogen-bond acceptors (Lipinski definition) is 6. The van der Waals surface area contributed by atoms with Crippen LogP contribution in [0.2, 0.25) is 5.02 Å². The van der Waals surface area contributed by atoms with E-state index in [1.54, 1.807) is 36.4 Å². The Morgan fingerprint density at radius 2 is 1.98 bits per heavy atom. The molecule has 228 valence electrons. The molecule has 3 atom stereocenters. The van der Waals surface area contributed by atoms with Crippen molar-refractivity contribution in [2.24, 2.45) is 0 Å². The summed E-state index contributed by atoms with van der Waals surface area (Å²) >= 11 is 5.93. The predicted molar refractivity (Wildman–Crippen MR) is 163 cm³/mol. The number of nitrogens with zero attached hydrogens (tertiary/aromatic N) is 4. The molecule has 2 fully saturated rings. The second kappa shape index (κ2) is 11.5. The number of ether oxygens (including phenoxy) is 2. The third-order valence-electron chi connectivity index (χ3n) is 8.77. The number of anilines is 1. The number of aromatic nitrogens is 2. The highest BCUT2D eigenvalue weighted by Crippen LogP contribution is 2.45. The fourth-order valence-corrected chi connectivity index (χ4v) is 6.41. The molecule has 4 heterocycles. The van der Waals surface area contributed by atoms with Gasteiger partial charge in [0.05, 0.1) is 47.0 Å². The van der Waals surface area contributed by atoms with Crippen molar-refractivity contribution in [3.8, 4) is 5.75 Å². The van der Waals surface area contributed by atoms with Crippen molar-refractivity contribution >= 4 is 40.1 Å². The maximum absolute atomic E-state index is 15.3. The van der Waals surface area contributed by atoms with Crippen molar-refractivity contribution in [2.75, 3.05) is 31.1 Å². The number of imidazole rings is 1. The number of fused-ring (bicyclic) bond motifs is 2. The van der Waals surface area contributed by atoms with Gasteiger partial charge >= 0.3 is 5.97 Å². The van der Waals surface area contributed by atoms with Crippen LogP contribution in [0.25, 0.3) is 16.9 Å². The van der Waals surface area contributed by atoms with Gasteiger partial charge in [-0.2, -0.15) is 0 Å². The lowest BCUT2D eigenvalue weighted by molar-refractivity contribution is -0.0592. The van der Waals surface area contributed by atoms with E-state index in [-0.39, 0.29) is 28.3 Å². The van der Waals surface area contributed by atoms with E-state index >= 15 is 4.39 Å². The summed E-state index contributed by atoms with van der Waals surface area (Å²) in [5.41, 5.74) is 3.08. The number of carboxylic acid groups (broad SMARTS) is 1. The number of piperazine rings is 1. The van der Waals surface area contributed by atoms with Gasteiger partial charge in [-0.15, -0.1) is 0 Å². The third-order valence-corrected chi connectivity index (χ3v) is 9.00. The van der Waals surface area contributed by atoms with Gasteiger partial charge in [0.15, 0.2) is 5.75 Å². The molecule has 2 unspecified atom stereocenters. The molecule has 0 bridgehead atoms. The third kappa shape index (κ3) is 5.31. The summed E-state index contributed by atoms with van der Waals surface area (Å²) in [4.78, 5) is 21.1. The molecule has 0 radical (unpaired) electrons. The van der Waals surface area contributed by atoms with E-state index in [0.29, 0.717) is 44.0 Å². The monoisotopic (exact) mass is 620 g/mol. The van der Waals surface area contributed by atoms with E-state index in [4.69, 9.17) is 26.1 Å². The smallest absolute Gasteiger partial charge is 0.335 e. The summed E-state index contributed by atoms with van der Waals surface area (Å²) in [6.45, 7) is 6.09. The molecule has 1 aromatic heterocycles. The molecule has 0 aliphatic carbocycles. The van der Waals surface area contributed by atoms with E-state index < -0.39 is 23.7 Å². The molecule has 0 saturated carbocycles. The van der Waals surface area contributed by atoms with Gasteiger partial charge in [0.25, 0.3) is 0 Å². The minimum Gasteiger partial charge on any atom is -0.478 e. The van der Waals surface area contributed by atoms with Crippen molar-refractivity contribution in [1.82, 2.24) is 14.5 Å². The van der Waals surface area contributed by atoms with Gasteiger partial charge in [-0.3, -0.25) is 4.90 Å². The molecule has 7 rings (SSSR count). The summed E-state index contributed by atoms with van der Waals surface area (Å²) in [5, 5.41) is 9.82. The lowest BCUT2D eigenvalue weighted by Crippen LogP contribution is -2.52. The molecule has 0 amide bonds. The second-order valence-electron chi connectivity index (χ2n) is 11.6. The van der Waals surface area contributed by atoms with E-state index in [1.807, 2.05) is 6.07 Å². The number of rotatable bonds is 7. The zero-order chi connectivity index (χ0) is 30.5. The van der Waals surface area contributed by atoms with Crippen LogP contribution in [0.1, 0.15) is 46.8 Å². The minimum absolute atomic E-state index is 0.0813. The van der Waals surface area contributed by atoms with Crippen LogP contribution in [0, 0.1) is 5.82 Å². The van der Waals surface area contributed by atoms with Gasteiger partial charge in [0.2, 0.25) is 0 Å². The Kier molecular flexibility index (Phi) is 7.52. The predicted octanol–water partition coefficient (Wildman–Crippen LogP) is 6.47. The summed E-state index contributed by atoms with van der Waals surface area (Å²) < 4.78 is 44.1. The number of aromatic carboxylic acids is 1. The molecule has 3 aliphatic heterocycles. The van der Waals surface area contributed by atoms with Crippen LogP contribution in [-0.4, -0.2) is 63.9 Å². The average molecular weight is 621 g/mol. The van der Waals surface area contributed by atoms with Gasteiger partial charge in [0, 0.05) is 42.9 Å². The molecule has 3 aromatic carbocycles. The molecular formula is C33H31ClF2N4O4. The van der Waals surface area contributed by atoms with Crippen molar-refractivity contribution in [3.63, 3.8) is 0 Å². The quantitative estimate of drug-likeness (QED) is 0.254. The number of benzene rings is 3. The average Bonchev–Trinajstić information content (AvgIpc) is 3.31. The number of para-hydroxylation sites is 1. The largest absolute Gasteiger partial charge is 0.478 e. The first-order chi connectivity index (χ1) is 21.2. The van der Waals surface area contributed by atoms with Crippen LogP contribution in [0.15, 0.2) is 60.7 Å². The van der Waals surface area contributed by atoms with Crippen LogP contribution in [0.4, 0.5) is 14.5 Å². The highest BCUT2D eigenvalue weighted by Gasteiger charge is 2.32. The topological polar surface area (TPSA) is 80.1 Å². The van der Waals surface area contributed by atoms with Crippen molar-refractivity contribution in [1.29, 1.82) is 0 Å². The van der Waals surface area contributed by atoms with Crippen LogP contribution in [0.5, 0.6) is 5.75 Å². The number of carbonyl (C=O) groups is 1. The molecule has 3 aliphatic rings. The van der Waals surface area contributed by atoms with E-state index in [9.17, 15) is 14.3 Å². The van der Waals surface area contributed by atoms with Gasteiger partial charge in [-0.05, 0) is 61.9 Å². The van der Waals surface area contributed by atoms with Gasteiger partial charge in [-0.25, -0.2) is 18.6 Å². The zero-order valence-electron chi connectivity index (χ0n) is 24.1. The SMILES string of the molecule is C[C@H]1CN(c2cccc3c2OC(c2ccc(Cl)cc2F)C=C3F)CCN1Cc1nc2ccc(C(=O)O)cc2n1CC1CCO1. The number of hydrogen-bond donors (Lipinski definition) is 1. The summed E-state index contributed by atoms with van der Waals surface area (Å²) in [7, 11) is 0. The molecule has 0 spiro atoms. The van der Waals surface area contributed by atoms with Crippen molar-refractivity contribution < 1.29 is 28.2 Å². The molecule has 4 aromatic rings. The minimum atomic E-state index is -0.974. The molecular weight excluding hydrogens is 590 g/mol. The lowest BCUT2D eigenvalue weighted by Gasteiger charge is -2.42. The van der Waals surface area contributed by atoms with Crippen LogP contribution < -0.4 is 9.64 Å². The number of halogens is 3. The number of carboxylic acids is 1. The van der Waals surface area contributed by atoms with E-state index in [0.717, 1.165) is 35.6 Å². The Morgan fingerprint density at radius 1 is 1.14 bits per heavy atom. The highest BCUT2D eigenvalue weighted by atomic mass is 35.5. The zero-order valence-corrected chi connectivity index (χ0v) is 24.8. The first-order valence-electron chi connectivity index (χ1n) is 14.7. The first-order valence-corrected chi connectivity index (χ1v) is 15.1. The van der Waals surface area contributed by atoms with Gasteiger partial charge < -0.3 is 24.0 Å². The lowest BCUT2D eigenvalue weighted by atomic mass is 10.0. The van der Waals surface area contributed by atoms with Crippen molar-refractivity contribution in [3.05, 3.63) is 94.0 Å². The Balaban J connectivity index is 1.12. The highest BCUT2D eigenvalue weighted by molar-refractivity contribution is 6.30. The molecule has 1 N–H and O–H groups in total. The second-order valence-corrected chi connectivity index (χ2v) is 12.0. The summed E-state index contributed by atoms with van der Waals surface area (Å²) in [6.07, 6.45) is 1.41. The fraction of sp³-hybridized carbons (Fsp3) is 0.333. The fourth-order valence-electron chi connectivity index (χ4n) is 6.25. The van der Waals surface area contributed by atoms with E-state index in [1.165, 1.54) is 18.2 Å². The Labute approximate surface area is 258 Å². The Morgan fingerprint density at radius 3 is 2.70 bits per heavy atom. The summed E-state index contributed by atoms with van der Waals surface area (Å²) in [6, 6.07) is 14.8.